The molecule has 0 saturated carbocycles. The van der Waals surface area contributed by atoms with E-state index in [1.54, 1.807) is 31.4 Å². The molecule has 0 radical (unpaired) electrons. The van der Waals surface area contributed by atoms with Crippen LogP contribution in [0.25, 0.3) is 5.69 Å². The van der Waals surface area contributed by atoms with Crippen molar-refractivity contribution in [1.82, 2.24) is 9.78 Å². The highest BCUT2D eigenvalue weighted by Gasteiger charge is 2.26. The van der Waals surface area contributed by atoms with Gasteiger partial charge in [0.05, 0.1) is 17.7 Å². The molecule has 0 bridgehead atoms. The Hall–Kier alpha value is -2.08. The quantitative estimate of drug-likeness (QED) is 0.626. The van der Waals surface area contributed by atoms with E-state index in [1.165, 1.54) is 4.68 Å². The van der Waals surface area contributed by atoms with E-state index < -0.39 is 4.92 Å². The van der Waals surface area contributed by atoms with Crippen LogP contribution < -0.4 is 4.74 Å². The third kappa shape index (κ3) is 2.60. The Labute approximate surface area is 121 Å². The molecular formula is C13H14ClN3O3. The fraction of sp³-hybridized carbons (Fsp3) is 0.308. The van der Waals surface area contributed by atoms with E-state index in [4.69, 9.17) is 16.3 Å². The first-order chi connectivity index (χ1) is 9.58. The molecule has 1 aromatic carbocycles. The largest absolute Gasteiger partial charge is 0.497 e. The van der Waals surface area contributed by atoms with Gasteiger partial charge in [-0.05, 0) is 18.6 Å². The van der Waals surface area contributed by atoms with Crippen molar-refractivity contribution in [2.45, 2.75) is 19.8 Å². The second kappa shape index (κ2) is 5.92. The van der Waals surface area contributed by atoms with Crippen LogP contribution in [0.1, 0.15) is 19.0 Å². The lowest BCUT2D eigenvalue weighted by atomic mass is 10.2. The Morgan fingerprint density at radius 1 is 1.50 bits per heavy atom. The summed E-state index contributed by atoms with van der Waals surface area (Å²) in [5.74, 6) is 0.633. The average Bonchev–Trinajstić information content (AvgIpc) is 2.76. The van der Waals surface area contributed by atoms with E-state index in [1.807, 2.05) is 6.92 Å². The summed E-state index contributed by atoms with van der Waals surface area (Å²) in [6.45, 7) is 1.93. The summed E-state index contributed by atoms with van der Waals surface area (Å²) in [6, 6.07) is 7.04. The minimum Gasteiger partial charge on any atom is -0.497 e. The maximum absolute atomic E-state index is 11.1. The van der Waals surface area contributed by atoms with Gasteiger partial charge in [-0.25, -0.2) is 4.68 Å². The van der Waals surface area contributed by atoms with E-state index >= 15 is 0 Å². The molecule has 0 N–H and O–H groups in total. The molecular weight excluding hydrogens is 282 g/mol. The lowest BCUT2D eigenvalue weighted by Crippen LogP contribution is -1.98. The summed E-state index contributed by atoms with van der Waals surface area (Å²) in [4.78, 5) is 10.6. The SMILES string of the molecule is CCCc1nn(-c2cccc(OC)c2)c(Cl)c1[N+](=O)[O-]. The number of hydrogen-bond acceptors (Lipinski definition) is 4. The lowest BCUT2D eigenvalue weighted by molar-refractivity contribution is -0.385. The lowest BCUT2D eigenvalue weighted by Gasteiger charge is -2.04. The number of hydrogen-bond donors (Lipinski definition) is 0. The van der Waals surface area contributed by atoms with E-state index in [2.05, 4.69) is 5.10 Å². The number of aromatic nitrogens is 2. The zero-order chi connectivity index (χ0) is 14.7. The van der Waals surface area contributed by atoms with Gasteiger partial charge < -0.3 is 4.74 Å². The molecule has 1 aromatic heterocycles. The molecule has 0 unspecified atom stereocenters. The highest BCUT2D eigenvalue weighted by Crippen LogP contribution is 2.32. The number of nitrogens with zero attached hydrogens (tertiary/aromatic N) is 3. The summed E-state index contributed by atoms with van der Waals surface area (Å²) >= 11 is 6.11. The van der Waals surface area contributed by atoms with Crippen LogP contribution in [0, 0.1) is 10.1 Å². The summed E-state index contributed by atoms with van der Waals surface area (Å²) in [5.41, 5.74) is 0.890. The first kappa shape index (κ1) is 14.3. The van der Waals surface area contributed by atoms with E-state index in [-0.39, 0.29) is 10.8 Å². The van der Waals surface area contributed by atoms with Crippen molar-refractivity contribution < 1.29 is 9.66 Å². The van der Waals surface area contributed by atoms with Gasteiger partial charge >= 0.3 is 5.69 Å². The van der Waals surface area contributed by atoms with Crippen molar-refractivity contribution in [1.29, 1.82) is 0 Å². The van der Waals surface area contributed by atoms with Crippen LogP contribution >= 0.6 is 11.6 Å². The molecule has 0 aliphatic heterocycles. The zero-order valence-electron chi connectivity index (χ0n) is 11.2. The van der Waals surface area contributed by atoms with E-state index in [0.717, 1.165) is 6.42 Å². The van der Waals surface area contributed by atoms with Crippen molar-refractivity contribution in [3.63, 3.8) is 0 Å². The fourth-order valence-electron chi connectivity index (χ4n) is 1.93. The standard InChI is InChI=1S/C13H14ClN3O3/c1-3-5-11-12(17(18)19)13(14)16(15-11)9-6-4-7-10(8-9)20-2/h4,6-8H,3,5H2,1-2H3. The van der Waals surface area contributed by atoms with Crippen LogP contribution in [0.5, 0.6) is 5.75 Å². The number of aryl methyl sites for hydroxylation is 1. The highest BCUT2D eigenvalue weighted by molar-refractivity contribution is 6.32. The van der Waals surface area contributed by atoms with Gasteiger partial charge in [0, 0.05) is 6.07 Å². The van der Waals surface area contributed by atoms with E-state index in [0.29, 0.717) is 23.6 Å². The fourth-order valence-corrected chi connectivity index (χ4v) is 2.24. The number of ether oxygens (including phenoxy) is 1. The Balaban J connectivity index is 2.56. The maximum Gasteiger partial charge on any atom is 0.329 e. The van der Waals surface area contributed by atoms with Crippen molar-refractivity contribution in [2.75, 3.05) is 7.11 Å². The third-order valence-corrected chi connectivity index (χ3v) is 3.18. The number of methoxy groups -OCH3 is 1. The van der Waals surface area contributed by atoms with Crippen molar-refractivity contribution in [3.05, 3.63) is 45.2 Å². The highest BCUT2D eigenvalue weighted by atomic mass is 35.5. The number of nitro groups is 1. The van der Waals surface area contributed by atoms with Crippen LogP contribution in [0.15, 0.2) is 24.3 Å². The minimum atomic E-state index is -0.489. The van der Waals surface area contributed by atoms with Gasteiger partial charge in [0.25, 0.3) is 0 Å². The molecule has 0 atom stereocenters. The van der Waals surface area contributed by atoms with Crippen LogP contribution in [0.4, 0.5) is 5.69 Å². The minimum absolute atomic E-state index is 0.00621. The van der Waals surface area contributed by atoms with Gasteiger partial charge in [0.2, 0.25) is 5.15 Å². The molecule has 7 heteroatoms. The van der Waals surface area contributed by atoms with Gasteiger partial charge in [-0.2, -0.15) is 5.10 Å². The second-order valence-corrected chi connectivity index (χ2v) is 4.56. The van der Waals surface area contributed by atoms with Crippen LogP contribution in [0.3, 0.4) is 0 Å². The second-order valence-electron chi connectivity index (χ2n) is 4.21. The zero-order valence-corrected chi connectivity index (χ0v) is 11.9. The molecule has 0 saturated heterocycles. The molecule has 6 nitrogen and oxygen atoms in total. The molecule has 0 amide bonds. The Bertz CT molecular complexity index is 640. The Morgan fingerprint density at radius 3 is 2.85 bits per heavy atom. The van der Waals surface area contributed by atoms with Gasteiger partial charge in [0.15, 0.2) is 0 Å². The molecule has 106 valence electrons. The molecule has 2 aromatic rings. The number of halogens is 1. The monoisotopic (exact) mass is 295 g/mol. The summed E-state index contributed by atoms with van der Waals surface area (Å²) in [5, 5.41) is 15.4. The number of rotatable bonds is 5. The van der Waals surface area contributed by atoms with Crippen molar-refractivity contribution in [2.24, 2.45) is 0 Å². The van der Waals surface area contributed by atoms with Gasteiger partial charge in [-0.3, -0.25) is 10.1 Å². The normalized spacial score (nSPS) is 10.6. The van der Waals surface area contributed by atoms with Crippen LogP contribution in [-0.4, -0.2) is 21.8 Å². The maximum atomic E-state index is 11.1. The smallest absolute Gasteiger partial charge is 0.329 e. The first-order valence-electron chi connectivity index (χ1n) is 6.14. The molecule has 20 heavy (non-hydrogen) atoms. The Morgan fingerprint density at radius 2 is 2.25 bits per heavy atom. The van der Waals surface area contributed by atoms with Gasteiger partial charge in [0.1, 0.15) is 11.4 Å². The molecule has 0 fully saturated rings. The topological polar surface area (TPSA) is 70.2 Å². The van der Waals surface area contributed by atoms with Crippen molar-refractivity contribution in [3.8, 4) is 11.4 Å². The summed E-state index contributed by atoms with van der Waals surface area (Å²) < 4.78 is 6.50. The summed E-state index contributed by atoms with van der Waals surface area (Å²) in [6.07, 6.45) is 1.26. The molecule has 1 heterocycles. The number of benzene rings is 1. The van der Waals surface area contributed by atoms with Crippen LogP contribution in [-0.2, 0) is 6.42 Å². The van der Waals surface area contributed by atoms with E-state index in [9.17, 15) is 10.1 Å². The average molecular weight is 296 g/mol. The molecule has 0 aliphatic carbocycles. The Kier molecular flexibility index (Phi) is 4.24. The predicted molar refractivity (Wildman–Crippen MR) is 75.8 cm³/mol. The molecule has 0 spiro atoms. The molecule has 2 rings (SSSR count). The molecule has 0 aliphatic rings. The van der Waals surface area contributed by atoms with Gasteiger partial charge in [-0.15, -0.1) is 0 Å². The van der Waals surface area contributed by atoms with Crippen LogP contribution in [0.2, 0.25) is 5.15 Å². The van der Waals surface area contributed by atoms with Gasteiger partial charge in [-0.1, -0.05) is 31.0 Å². The first-order valence-corrected chi connectivity index (χ1v) is 6.52. The third-order valence-electron chi connectivity index (χ3n) is 2.84. The van der Waals surface area contributed by atoms with Crippen molar-refractivity contribution >= 4 is 17.3 Å². The predicted octanol–water partition coefficient (Wildman–Crippen LogP) is 3.40. The summed E-state index contributed by atoms with van der Waals surface area (Å²) in [7, 11) is 1.55.